The molecule has 0 bridgehead atoms. The van der Waals surface area contributed by atoms with E-state index in [4.69, 9.17) is 4.74 Å². The molecule has 0 saturated heterocycles. The Morgan fingerprint density at radius 1 is 1.14 bits per heavy atom. The number of hydrogen-bond donors (Lipinski definition) is 1. The first-order valence-corrected chi connectivity index (χ1v) is 7.78. The first-order valence-electron chi connectivity index (χ1n) is 7.78. The van der Waals surface area contributed by atoms with Gasteiger partial charge in [0, 0.05) is 12.6 Å². The van der Waals surface area contributed by atoms with E-state index in [0.29, 0.717) is 6.04 Å². The number of ether oxygens (including phenoxy) is 1. The van der Waals surface area contributed by atoms with Gasteiger partial charge in [0.25, 0.3) is 0 Å². The lowest BCUT2D eigenvalue weighted by molar-refractivity contribution is 0.413. The van der Waals surface area contributed by atoms with Crippen molar-refractivity contribution in [2.45, 2.75) is 38.8 Å². The third-order valence-electron chi connectivity index (χ3n) is 4.47. The lowest BCUT2D eigenvalue weighted by Crippen LogP contribution is -2.19. The average Bonchev–Trinajstić information content (AvgIpc) is 2.95. The van der Waals surface area contributed by atoms with E-state index in [-0.39, 0.29) is 0 Å². The Labute approximate surface area is 127 Å². The van der Waals surface area contributed by atoms with Crippen LogP contribution in [0.4, 0.5) is 0 Å². The van der Waals surface area contributed by atoms with Gasteiger partial charge in [-0.15, -0.1) is 0 Å². The van der Waals surface area contributed by atoms with Crippen LogP contribution in [0.1, 0.15) is 41.6 Å². The highest BCUT2D eigenvalue weighted by Gasteiger charge is 2.22. The summed E-state index contributed by atoms with van der Waals surface area (Å²) >= 11 is 0. The van der Waals surface area contributed by atoms with Crippen molar-refractivity contribution in [3.63, 3.8) is 0 Å². The van der Waals surface area contributed by atoms with Crippen molar-refractivity contribution >= 4 is 0 Å². The van der Waals surface area contributed by atoms with Crippen LogP contribution in [-0.4, -0.2) is 7.11 Å². The van der Waals surface area contributed by atoms with Gasteiger partial charge in [0.2, 0.25) is 0 Å². The summed E-state index contributed by atoms with van der Waals surface area (Å²) in [4.78, 5) is 0. The van der Waals surface area contributed by atoms with Gasteiger partial charge in [-0.25, -0.2) is 0 Å². The predicted molar refractivity (Wildman–Crippen MR) is 86.7 cm³/mol. The number of rotatable bonds is 5. The zero-order valence-electron chi connectivity index (χ0n) is 12.9. The molecule has 2 aromatic rings. The maximum atomic E-state index is 5.36. The molecule has 21 heavy (non-hydrogen) atoms. The molecule has 1 atom stereocenters. The summed E-state index contributed by atoms with van der Waals surface area (Å²) in [6.07, 6.45) is 3.43. The third-order valence-corrected chi connectivity index (χ3v) is 4.47. The number of aryl methyl sites for hydroxylation is 2. The van der Waals surface area contributed by atoms with Gasteiger partial charge in [-0.05, 0) is 53.6 Å². The molecule has 2 aromatic carbocycles. The summed E-state index contributed by atoms with van der Waals surface area (Å²) in [6.45, 7) is 3.15. The molecule has 0 aromatic heterocycles. The Morgan fingerprint density at radius 2 is 1.95 bits per heavy atom. The maximum absolute atomic E-state index is 5.36. The van der Waals surface area contributed by atoms with E-state index < -0.39 is 0 Å². The van der Waals surface area contributed by atoms with E-state index in [1.807, 2.05) is 0 Å². The van der Waals surface area contributed by atoms with Gasteiger partial charge in [0.05, 0.1) is 7.11 Å². The third kappa shape index (κ3) is 2.96. The van der Waals surface area contributed by atoms with Gasteiger partial charge in [-0.1, -0.05) is 37.3 Å². The smallest absolute Gasteiger partial charge is 0.119 e. The fourth-order valence-corrected chi connectivity index (χ4v) is 3.23. The van der Waals surface area contributed by atoms with Crippen molar-refractivity contribution in [2.75, 3.05) is 7.11 Å². The minimum Gasteiger partial charge on any atom is -0.497 e. The van der Waals surface area contributed by atoms with E-state index in [1.165, 1.54) is 28.7 Å². The van der Waals surface area contributed by atoms with Crippen molar-refractivity contribution in [3.8, 4) is 5.75 Å². The minimum atomic E-state index is 0.444. The first-order chi connectivity index (χ1) is 10.3. The van der Waals surface area contributed by atoms with Crippen LogP contribution in [0.25, 0.3) is 0 Å². The fraction of sp³-hybridized carbons (Fsp3) is 0.368. The van der Waals surface area contributed by atoms with Gasteiger partial charge in [0.15, 0.2) is 0 Å². The van der Waals surface area contributed by atoms with E-state index in [1.54, 1.807) is 7.11 Å². The average molecular weight is 281 g/mol. The van der Waals surface area contributed by atoms with Gasteiger partial charge in [-0.3, -0.25) is 0 Å². The molecule has 3 rings (SSSR count). The van der Waals surface area contributed by atoms with Crippen LogP contribution in [0.5, 0.6) is 5.75 Å². The second-order valence-corrected chi connectivity index (χ2v) is 5.66. The van der Waals surface area contributed by atoms with Crippen molar-refractivity contribution in [1.29, 1.82) is 0 Å². The van der Waals surface area contributed by atoms with E-state index in [2.05, 4.69) is 54.7 Å². The SMILES string of the molecule is CCc1ccccc1CNC1CCc2ccc(OC)cc21. The molecule has 0 radical (unpaired) electrons. The molecule has 0 fully saturated rings. The molecule has 2 nitrogen and oxygen atoms in total. The molecule has 1 unspecified atom stereocenters. The Bertz CT molecular complexity index is 621. The Hall–Kier alpha value is -1.80. The molecule has 0 saturated carbocycles. The molecule has 0 amide bonds. The summed E-state index contributed by atoms with van der Waals surface area (Å²) in [5.74, 6) is 0.955. The largest absolute Gasteiger partial charge is 0.497 e. The second-order valence-electron chi connectivity index (χ2n) is 5.66. The highest BCUT2D eigenvalue weighted by atomic mass is 16.5. The van der Waals surface area contributed by atoms with Crippen LogP contribution in [0.15, 0.2) is 42.5 Å². The quantitative estimate of drug-likeness (QED) is 0.893. The Balaban J connectivity index is 1.73. The fourth-order valence-electron chi connectivity index (χ4n) is 3.23. The van der Waals surface area contributed by atoms with Crippen molar-refractivity contribution in [2.24, 2.45) is 0 Å². The highest BCUT2D eigenvalue weighted by Crippen LogP contribution is 2.34. The summed E-state index contributed by atoms with van der Waals surface area (Å²) in [5.41, 5.74) is 5.71. The minimum absolute atomic E-state index is 0.444. The van der Waals surface area contributed by atoms with E-state index in [9.17, 15) is 0 Å². The van der Waals surface area contributed by atoms with Gasteiger partial charge < -0.3 is 10.1 Å². The zero-order valence-corrected chi connectivity index (χ0v) is 12.9. The van der Waals surface area contributed by atoms with Crippen LogP contribution in [0, 0.1) is 0 Å². The monoisotopic (exact) mass is 281 g/mol. The lowest BCUT2D eigenvalue weighted by Gasteiger charge is -2.16. The predicted octanol–water partition coefficient (Wildman–Crippen LogP) is 4.03. The lowest BCUT2D eigenvalue weighted by atomic mass is 10.0. The molecule has 1 N–H and O–H groups in total. The van der Waals surface area contributed by atoms with E-state index in [0.717, 1.165) is 25.1 Å². The normalized spacial score (nSPS) is 16.8. The van der Waals surface area contributed by atoms with Crippen molar-refractivity contribution < 1.29 is 4.74 Å². The number of benzene rings is 2. The second kappa shape index (κ2) is 6.31. The van der Waals surface area contributed by atoms with Crippen LogP contribution < -0.4 is 10.1 Å². The summed E-state index contributed by atoms with van der Waals surface area (Å²) in [6, 6.07) is 15.6. The molecule has 110 valence electrons. The molecular weight excluding hydrogens is 258 g/mol. The Kier molecular flexibility index (Phi) is 4.26. The van der Waals surface area contributed by atoms with Gasteiger partial charge in [0.1, 0.15) is 5.75 Å². The standard InChI is InChI=1S/C19H23NO/c1-3-14-6-4-5-7-16(14)13-20-19-11-9-15-8-10-17(21-2)12-18(15)19/h4-8,10,12,19-20H,3,9,11,13H2,1-2H3. The summed E-state index contributed by atoms with van der Waals surface area (Å²) < 4.78 is 5.36. The van der Waals surface area contributed by atoms with Crippen LogP contribution in [-0.2, 0) is 19.4 Å². The Morgan fingerprint density at radius 3 is 2.71 bits per heavy atom. The topological polar surface area (TPSA) is 21.3 Å². The van der Waals surface area contributed by atoms with Gasteiger partial charge in [-0.2, -0.15) is 0 Å². The van der Waals surface area contributed by atoms with Gasteiger partial charge >= 0.3 is 0 Å². The first kappa shape index (κ1) is 14.2. The number of nitrogens with one attached hydrogen (secondary N) is 1. The molecule has 2 heteroatoms. The van der Waals surface area contributed by atoms with Crippen molar-refractivity contribution in [1.82, 2.24) is 5.32 Å². The van der Waals surface area contributed by atoms with Crippen LogP contribution in [0.3, 0.4) is 0 Å². The highest BCUT2D eigenvalue weighted by molar-refractivity contribution is 5.41. The maximum Gasteiger partial charge on any atom is 0.119 e. The zero-order chi connectivity index (χ0) is 14.7. The molecule has 0 heterocycles. The van der Waals surface area contributed by atoms with Crippen molar-refractivity contribution in [3.05, 3.63) is 64.7 Å². The molecule has 0 spiro atoms. The van der Waals surface area contributed by atoms with Crippen LogP contribution >= 0.6 is 0 Å². The number of fused-ring (bicyclic) bond motifs is 1. The molecular formula is C19H23NO. The molecule has 0 aliphatic heterocycles. The van der Waals surface area contributed by atoms with Crippen LogP contribution in [0.2, 0.25) is 0 Å². The van der Waals surface area contributed by atoms with E-state index >= 15 is 0 Å². The molecule has 1 aliphatic rings. The summed E-state index contributed by atoms with van der Waals surface area (Å²) in [7, 11) is 1.73. The number of hydrogen-bond acceptors (Lipinski definition) is 2. The molecule has 1 aliphatic carbocycles. The summed E-state index contributed by atoms with van der Waals surface area (Å²) in [5, 5.41) is 3.72. The number of methoxy groups -OCH3 is 1.